The van der Waals surface area contributed by atoms with E-state index in [2.05, 4.69) is 23.0 Å². The Morgan fingerprint density at radius 1 is 1.13 bits per heavy atom. The molecule has 1 aromatic heterocycles. The summed E-state index contributed by atoms with van der Waals surface area (Å²) in [7, 11) is 3.46. The number of esters is 1. The van der Waals surface area contributed by atoms with Crippen LogP contribution in [-0.4, -0.2) is 30.0 Å². The van der Waals surface area contributed by atoms with Crippen molar-refractivity contribution in [3.63, 3.8) is 0 Å². The van der Waals surface area contributed by atoms with Crippen LogP contribution in [0, 0.1) is 0 Å². The van der Waals surface area contributed by atoms with Crippen LogP contribution in [0.25, 0.3) is 10.2 Å². The van der Waals surface area contributed by atoms with Crippen LogP contribution >= 0.6 is 11.3 Å². The molecule has 0 atom stereocenters. The number of hydrogen-bond donors (Lipinski definition) is 0. The van der Waals surface area contributed by atoms with Gasteiger partial charge in [-0.05, 0) is 36.9 Å². The summed E-state index contributed by atoms with van der Waals surface area (Å²) in [6.45, 7) is 1.61. The number of ether oxygens (including phenoxy) is 1. The lowest BCUT2D eigenvalue weighted by atomic mass is 10.1. The van der Waals surface area contributed by atoms with E-state index in [0.29, 0.717) is 5.56 Å². The molecule has 0 saturated heterocycles. The first kappa shape index (κ1) is 15.6. The van der Waals surface area contributed by atoms with Gasteiger partial charge >= 0.3 is 5.97 Å². The largest absolute Gasteiger partial charge is 0.465 e. The van der Waals surface area contributed by atoms with E-state index in [0.717, 1.165) is 29.2 Å². The van der Waals surface area contributed by atoms with E-state index in [1.165, 1.54) is 11.8 Å². The minimum Gasteiger partial charge on any atom is -0.465 e. The van der Waals surface area contributed by atoms with Crippen molar-refractivity contribution in [2.45, 2.75) is 13.1 Å². The standard InChI is InChI=1S/C18H18N2O2S/c1-20(11-13-7-9-14(10-8-13)18(21)22-2)12-17-19-15-5-3-4-6-16(15)23-17/h3-10H,11-12H2,1-2H3. The number of methoxy groups -OCH3 is 1. The van der Waals surface area contributed by atoms with Crippen molar-refractivity contribution >= 4 is 27.5 Å². The topological polar surface area (TPSA) is 42.4 Å². The number of nitrogens with zero attached hydrogens (tertiary/aromatic N) is 2. The Labute approximate surface area is 139 Å². The Balaban J connectivity index is 1.64. The number of carbonyl (C=O) groups is 1. The molecule has 0 aliphatic rings. The molecule has 0 bridgehead atoms. The lowest BCUT2D eigenvalue weighted by molar-refractivity contribution is 0.0600. The first-order valence-corrected chi connectivity index (χ1v) is 8.17. The van der Waals surface area contributed by atoms with Gasteiger partial charge in [0.1, 0.15) is 5.01 Å². The molecule has 1 heterocycles. The third-order valence-corrected chi connectivity index (χ3v) is 4.59. The lowest BCUT2D eigenvalue weighted by Gasteiger charge is -2.15. The minimum atomic E-state index is -0.306. The molecule has 2 aromatic carbocycles. The highest BCUT2D eigenvalue weighted by Crippen LogP contribution is 2.22. The molecule has 3 rings (SSSR count). The zero-order valence-corrected chi connectivity index (χ0v) is 14.0. The van der Waals surface area contributed by atoms with Gasteiger partial charge in [-0.15, -0.1) is 11.3 Å². The van der Waals surface area contributed by atoms with E-state index in [4.69, 9.17) is 4.74 Å². The highest BCUT2D eigenvalue weighted by atomic mass is 32.1. The summed E-state index contributed by atoms with van der Waals surface area (Å²) >= 11 is 1.73. The summed E-state index contributed by atoms with van der Waals surface area (Å²) in [5.41, 5.74) is 2.79. The molecule has 0 saturated carbocycles. The quantitative estimate of drug-likeness (QED) is 0.670. The molecular formula is C18H18N2O2S. The van der Waals surface area contributed by atoms with Crippen molar-refractivity contribution in [2.24, 2.45) is 0 Å². The molecule has 0 fully saturated rings. The van der Waals surface area contributed by atoms with Gasteiger partial charge in [0.25, 0.3) is 0 Å². The Bertz CT molecular complexity index is 778. The Hall–Kier alpha value is -2.24. The molecule has 0 N–H and O–H groups in total. The molecular weight excluding hydrogens is 308 g/mol. The Morgan fingerprint density at radius 2 is 1.87 bits per heavy atom. The first-order valence-electron chi connectivity index (χ1n) is 7.36. The molecule has 4 nitrogen and oxygen atoms in total. The molecule has 118 valence electrons. The predicted molar refractivity (Wildman–Crippen MR) is 92.6 cm³/mol. The van der Waals surface area contributed by atoms with Crippen LogP contribution in [-0.2, 0) is 17.8 Å². The molecule has 0 unspecified atom stereocenters. The highest BCUT2D eigenvalue weighted by Gasteiger charge is 2.08. The number of fused-ring (bicyclic) bond motifs is 1. The zero-order chi connectivity index (χ0) is 16.2. The van der Waals surface area contributed by atoms with Crippen LogP contribution in [0.15, 0.2) is 48.5 Å². The van der Waals surface area contributed by atoms with Crippen LogP contribution < -0.4 is 0 Å². The van der Waals surface area contributed by atoms with Crippen molar-refractivity contribution in [2.75, 3.05) is 14.2 Å². The van der Waals surface area contributed by atoms with Gasteiger partial charge in [-0.25, -0.2) is 9.78 Å². The van der Waals surface area contributed by atoms with Crippen LogP contribution in [0.1, 0.15) is 20.9 Å². The van der Waals surface area contributed by atoms with Crippen LogP contribution in [0.5, 0.6) is 0 Å². The number of hydrogen-bond acceptors (Lipinski definition) is 5. The Morgan fingerprint density at radius 3 is 2.57 bits per heavy atom. The zero-order valence-electron chi connectivity index (χ0n) is 13.2. The summed E-state index contributed by atoms with van der Waals surface area (Å²) < 4.78 is 5.93. The van der Waals surface area contributed by atoms with E-state index in [-0.39, 0.29) is 5.97 Å². The molecule has 5 heteroatoms. The molecule has 0 spiro atoms. The average Bonchev–Trinajstić information content (AvgIpc) is 2.96. The number of carbonyl (C=O) groups excluding carboxylic acids is 1. The normalized spacial score (nSPS) is 11.1. The molecule has 0 radical (unpaired) electrons. The van der Waals surface area contributed by atoms with Gasteiger partial charge in [-0.2, -0.15) is 0 Å². The molecule has 3 aromatic rings. The SMILES string of the molecule is COC(=O)c1ccc(CN(C)Cc2nc3ccccc3s2)cc1. The number of benzene rings is 2. The molecule has 0 aliphatic heterocycles. The Kier molecular flexibility index (Phi) is 4.69. The van der Waals surface area contributed by atoms with Crippen molar-refractivity contribution in [1.82, 2.24) is 9.88 Å². The summed E-state index contributed by atoms with van der Waals surface area (Å²) in [6, 6.07) is 15.7. The summed E-state index contributed by atoms with van der Waals surface area (Å²) in [6.07, 6.45) is 0. The van der Waals surface area contributed by atoms with E-state index in [1.807, 2.05) is 30.3 Å². The number of rotatable bonds is 5. The third-order valence-electron chi connectivity index (χ3n) is 3.57. The number of aromatic nitrogens is 1. The molecule has 23 heavy (non-hydrogen) atoms. The van der Waals surface area contributed by atoms with Crippen LogP contribution in [0.3, 0.4) is 0 Å². The van der Waals surface area contributed by atoms with Gasteiger partial charge in [0.05, 0.1) is 29.4 Å². The van der Waals surface area contributed by atoms with Crippen molar-refractivity contribution < 1.29 is 9.53 Å². The number of para-hydroxylation sites is 1. The van der Waals surface area contributed by atoms with E-state index >= 15 is 0 Å². The van der Waals surface area contributed by atoms with E-state index in [9.17, 15) is 4.79 Å². The van der Waals surface area contributed by atoms with E-state index in [1.54, 1.807) is 23.5 Å². The van der Waals surface area contributed by atoms with E-state index < -0.39 is 0 Å². The van der Waals surface area contributed by atoms with Crippen LogP contribution in [0.2, 0.25) is 0 Å². The smallest absolute Gasteiger partial charge is 0.337 e. The summed E-state index contributed by atoms with van der Waals surface area (Å²) in [5.74, 6) is -0.306. The third kappa shape index (κ3) is 3.75. The fourth-order valence-corrected chi connectivity index (χ4v) is 3.50. The second-order valence-electron chi connectivity index (χ2n) is 5.44. The van der Waals surface area contributed by atoms with Gasteiger partial charge in [-0.3, -0.25) is 4.90 Å². The molecule has 0 amide bonds. The second-order valence-corrected chi connectivity index (χ2v) is 6.55. The van der Waals surface area contributed by atoms with Crippen molar-refractivity contribution in [1.29, 1.82) is 0 Å². The van der Waals surface area contributed by atoms with Gasteiger partial charge in [-0.1, -0.05) is 24.3 Å². The number of thiazole rings is 1. The fourth-order valence-electron chi connectivity index (χ4n) is 2.45. The van der Waals surface area contributed by atoms with Gasteiger partial charge < -0.3 is 4.74 Å². The lowest BCUT2D eigenvalue weighted by Crippen LogP contribution is -2.17. The first-order chi connectivity index (χ1) is 11.2. The van der Waals surface area contributed by atoms with Crippen LogP contribution in [0.4, 0.5) is 0 Å². The monoisotopic (exact) mass is 326 g/mol. The maximum atomic E-state index is 11.4. The maximum Gasteiger partial charge on any atom is 0.337 e. The predicted octanol–water partition coefficient (Wildman–Crippen LogP) is 3.71. The van der Waals surface area contributed by atoms with Gasteiger partial charge in [0.15, 0.2) is 0 Å². The minimum absolute atomic E-state index is 0.306. The maximum absolute atomic E-state index is 11.4. The molecule has 0 aliphatic carbocycles. The second kappa shape index (κ2) is 6.89. The summed E-state index contributed by atoms with van der Waals surface area (Å²) in [4.78, 5) is 18.3. The highest BCUT2D eigenvalue weighted by molar-refractivity contribution is 7.18. The van der Waals surface area contributed by atoms with Crippen molar-refractivity contribution in [3.8, 4) is 0 Å². The average molecular weight is 326 g/mol. The van der Waals surface area contributed by atoms with Crippen molar-refractivity contribution in [3.05, 3.63) is 64.7 Å². The fraction of sp³-hybridized carbons (Fsp3) is 0.222. The van der Waals surface area contributed by atoms with Gasteiger partial charge in [0.2, 0.25) is 0 Å². The van der Waals surface area contributed by atoms with Gasteiger partial charge in [0, 0.05) is 6.54 Å². The summed E-state index contributed by atoms with van der Waals surface area (Å²) in [5, 5.41) is 1.11.